The Bertz CT molecular complexity index is 503. The molecule has 1 N–H and O–H groups in total. The minimum absolute atomic E-state index is 0.00707. The second kappa shape index (κ2) is 7.25. The Labute approximate surface area is 125 Å². The first kappa shape index (κ1) is 15.5. The Morgan fingerprint density at radius 1 is 1.19 bits per heavy atom. The van der Waals surface area contributed by atoms with Gasteiger partial charge in [0.2, 0.25) is 0 Å². The van der Waals surface area contributed by atoms with Crippen LogP contribution in [0.25, 0.3) is 0 Å². The van der Waals surface area contributed by atoms with Crippen LogP contribution < -0.4 is 0 Å². The molecule has 4 nitrogen and oxygen atoms in total. The summed E-state index contributed by atoms with van der Waals surface area (Å²) in [4.78, 5) is 23.3. The maximum absolute atomic E-state index is 12.1. The van der Waals surface area contributed by atoms with E-state index in [1.807, 2.05) is 6.92 Å². The van der Waals surface area contributed by atoms with Crippen molar-refractivity contribution in [2.45, 2.75) is 51.6 Å². The summed E-state index contributed by atoms with van der Waals surface area (Å²) in [5.41, 5.74) is 0.118. The van der Waals surface area contributed by atoms with E-state index in [2.05, 4.69) is 0 Å². The highest BCUT2D eigenvalue weighted by Gasteiger charge is 2.22. The van der Waals surface area contributed by atoms with Crippen LogP contribution in [0.5, 0.6) is 0 Å². The molecule has 1 saturated carbocycles. The minimum Gasteiger partial charge on any atom is -0.478 e. The van der Waals surface area contributed by atoms with Gasteiger partial charge in [-0.05, 0) is 31.4 Å². The molecule has 0 bridgehead atoms. The molecule has 1 fully saturated rings. The molecule has 0 amide bonds. The molecule has 1 aromatic rings. The number of rotatable bonds is 5. The molecule has 0 saturated heterocycles. The average Bonchev–Trinajstić information content (AvgIpc) is 2.48. The maximum atomic E-state index is 12.1. The van der Waals surface area contributed by atoms with E-state index in [9.17, 15) is 9.59 Å². The quantitative estimate of drug-likeness (QED) is 0.835. The smallest absolute Gasteiger partial charge is 0.339 e. The van der Waals surface area contributed by atoms with Crippen molar-refractivity contribution >= 4 is 11.9 Å². The van der Waals surface area contributed by atoms with Gasteiger partial charge in [-0.25, -0.2) is 9.59 Å². The normalized spacial score (nSPS) is 17.2. The van der Waals surface area contributed by atoms with Gasteiger partial charge in [0.25, 0.3) is 0 Å². The molecule has 0 aromatic heterocycles. The second-order valence-electron chi connectivity index (χ2n) is 5.81. The maximum Gasteiger partial charge on any atom is 0.339 e. The summed E-state index contributed by atoms with van der Waals surface area (Å²) in [6, 6.07) is 6.17. The molecule has 1 aliphatic carbocycles. The number of esters is 1. The zero-order chi connectivity index (χ0) is 15.2. The van der Waals surface area contributed by atoms with E-state index < -0.39 is 11.9 Å². The van der Waals surface area contributed by atoms with Crippen LogP contribution >= 0.6 is 0 Å². The molecule has 1 aromatic carbocycles. The van der Waals surface area contributed by atoms with Crippen LogP contribution in [0, 0.1) is 5.92 Å². The Morgan fingerprint density at radius 2 is 1.81 bits per heavy atom. The van der Waals surface area contributed by atoms with Crippen LogP contribution in [0.1, 0.15) is 66.2 Å². The lowest BCUT2D eigenvalue weighted by molar-refractivity contribution is 0.0269. The summed E-state index contributed by atoms with van der Waals surface area (Å²) < 4.78 is 5.43. The average molecular weight is 290 g/mol. The zero-order valence-electron chi connectivity index (χ0n) is 12.4. The minimum atomic E-state index is -1.11. The van der Waals surface area contributed by atoms with E-state index in [1.54, 1.807) is 12.1 Å². The predicted molar refractivity (Wildman–Crippen MR) is 79.5 cm³/mol. The molecule has 114 valence electrons. The molecular weight excluding hydrogens is 268 g/mol. The molecule has 0 aliphatic heterocycles. The van der Waals surface area contributed by atoms with Gasteiger partial charge in [-0.15, -0.1) is 0 Å². The lowest BCUT2D eigenvalue weighted by Gasteiger charge is -2.24. The third kappa shape index (κ3) is 4.31. The Hall–Kier alpha value is -1.84. The van der Waals surface area contributed by atoms with Gasteiger partial charge in [0, 0.05) is 0 Å². The summed E-state index contributed by atoms with van der Waals surface area (Å²) in [7, 11) is 0. The van der Waals surface area contributed by atoms with Gasteiger partial charge in [0.15, 0.2) is 0 Å². The Kier molecular flexibility index (Phi) is 5.37. The highest BCUT2D eigenvalue weighted by Crippen LogP contribution is 2.28. The third-order valence-corrected chi connectivity index (χ3v) is 4.08. The number of benzene rings is 1. The van der Waals surface area contributed by atoms with Crippen LogP contribution in [-0.4, -0.2) is 23.1 Å². The molecule has 2 rings (SSSR count). The van der Waals surface area contributed by atoms with Crippen molar-refractivity contribution in [3.63, 3.8) is 0 Å². The van der Waals surface area contributed by atoms with Gasteiger partial charge in [0.1, 0.15) is 0 Å². The molecule has 1 aliphatic rings. The number of carbonyl (C=O) groups excluding carboxylic acids is 1. The van der Waals surface area contributed by atoms with Gasteiger partial charge >= 0.3 is 11.9 Å². The lowest BCUT2D eigenvalue weighted by atomic mass is 9.85. The largest absolute Gasteiger partial charge is 0.478 e. The van der Waals surface area contributed by atoms with Gasteiger partial charge in [-0.3, -0.25) is 0 Å². The summed E-state index contributed by atoms with van der Waals surface area (Å²) in [6.07, 6.45) is 6.90. The van der Waals surface area contributed by atoms with E-state index >= 15 is 0 Å². The topological polar surface area (TPSA) is 63.6 Å². The molecular formula is C17H22O4. The number of ether oxygens (including phenoxy) is 1. The standard InChI is InChI=1S/C17H22O4/c1-12(11-13-7-3-2-4-8-13)21-17(20)15-10-6-5-9-14(15)16(18)19/h5-6,9-10,12-13H,2-4,7-8,11H2,1H3,(H,18,19). The first-order valence-electron chi connectivity index (χ1n) is 7.61. The third-order valence-electron chi connectivity index (χ3n) is 4.08. The lowest BCUT2D eigenvalue weighted by Crippen LogP contribution is -2.21. The molecule has 1 unspecified atom stereocenters. The van der Waals surface area contributed by atoms with Crippen LogP contribution in [-0.2, 0) is 4.74 Å². The second-order valence-corrected chi connectivity index (χ2v) is 5.81. The number of carbonyl (C=O) groups is 2. The van der Waals surface area contributed by atoms with Crippen molar-refractivity contribution in [3.05, 3.63) is 35.4 Å². The van der Waals surface area contributed by atoms with Crippen LogP contribution in [0.15, 0.2) is 24.3 Å². The van der Waals surface area contributed by atoms with E-state index in [-0.39, 0.29) is 17.2 Å². The SMILES string of the molecule is CC(CC1CCCCC1)OC(=O)c1ccccc1C(=O)O. The Morgan fingerprint density at radius 3 is 2.43 bits per heavy atom. The van der Waals surface area contributed by atoms with Gasteiger partial charge in [-0.1, -0.05) is 44.2 Å². The number of hydrogen-bond acceptors (Lipinski definition) is 3. The molecule has 1 atom stereocenters. The van der Waals surface area contributed by atoms with E-state index in [1.165, 1.54) is 44.2 Å². The van der Waals surface area contributed by atoms with Crippen molar-refractivity contribution in [1.82, 2.24) is 0 Å². The fourth-order valence-corrected chi connectivity index (χ4v) is 3.03. The van der Waals surface area contributed by atoms with Crippen LogP contribution in [0.4, 0.5) is 0 Å². The van der Waals surface area contributed by atoms with Crippen LogP contribution in [0.3, 0.4) is 0 Å². The number of aromatic carboxylic acids is 1. The van der Waals surface area contributed by atoms with Gasteiger partial charge in [-0.2, -0.15) is 0 Å². The summed E-state index contributed by atoms with van der Waals surface area (Å²) in [5, 5.41) is 9.10. The predicted octanol–water partition coefficient (Wildman–Crippen LogP) is 3.90. The van der Waals surface area contributed by atoms with E-state index in [0.717, 1.165) is 6.42 Å². The molecule has 21 heavy (non-hydrogen) atoms. The van der Waals surface area contributed by atoms with Gasteiger partial charge < -0.3 is 9.84 Å². The zero-order valence-corrected chi connectivity index (χ0v) is 12.4. The van der Waals surface area contributed by atoms with Gasteiger partial charge in [0.05, 0.1) is 17.2 Å². The Balaban J connectivity index is 1.96. The van der Waals surface area contributed by atoms with Crippen molar-refractivity contribution in [2.24, 2.45) is 5.92 Å². The molecule has 0 radical (unpaired) electrons. The van der Waals surface area contributed by atoms with Crippen molar-refractivity contribution < 1.29 is 19.4 Å². The first-order valence-corrected chi connectivity index (χ1v) is 7.61. The van der Waals surface area contributed by atoms with E-state index in [0.29, 0.717) is 5.92 Å². The monoisotopic (exact) mass is 290 g/mol. The number of hydrogen-bond donors (Lipinski definition) is 1. The molecule has 0 spiro atoms. The van der Waals surface area contributed by atoms with Crippen molar-refractivity contribution in [1.29, 1.82) is 0 Å². The summed E-state index contributed by atoms with van der Waals surface area (Å²) >= 11 is 0. The van der Waals surface area contributed by atoms with E-state index in [4.69, 9.17) is 9.84 Å². The fraction of sp³-hybridized carbons (Fsp3) is 0.529. The molecule has 4 heteroatoms. The number of carboxylic acid groups (broad SMARTS) is 1. The highest BCUT2D eigenvalue weighted by molar-refractivity contribution is 6.02. The fourth-order valence-electron chi connectivity index (χ4n) is 3.03. The highest BCUT2D eigenvalue weighted by atomic mass is 16.5. The van der Waals surface area contributed by atoms with Crippen molar-refractivity contribution in [3.8, 4) is 0 Å². The molecule has 0 heterocycles. The number of carboxylic acids is 1. The van der Waals surface area contributed by atoms with Crippen LogP contribution in [0.2, 0.25) is 0 Å². The van der Waals surface area contributed by atoms with Crippen molar-refractivity contribution in [2.75, 3.05) is 0 Å². The summed E-state index contributed by atoms with van der Waals surface area (Å²) in [6.45, 7) is 1.88. The summed E-state index contributed by atoms with van der Waals surface area (Å²) in [5.74, 6) is -1.03. The first-order chi connectivity index (χ1) is 10.1.